The van der Waals surface area contributed by atoms with Crippen molar-refractivity contribution in [3.05, 3.63) is 24.0 Å². The number of nitrogens with one attached hydrogen (secondary N) is 1. The maximum absolute atomic E-state index is 12.3. The van der Waals surface area contributed by atoms with Crippen molar-refractivity contribution in [3.63, 3.8) is 0 Å². The van der Waals surface area contributed by atoms with E-state index >= 15 is 0 Å². The monoisotopic (exact) mass is 296 g/mol. The number of hydrogen-bond donors (Lipinski definition) is 2. The van der Waals surface area contributed by atoms with E-state index in [0.29, 0.717) is 18.8 Å². The fourth-order valence-corrected chi connectivity index (χ4v) is 2.32. The van der Waals surface area contributed by atoms with Crippen LogP contribution >= 0.6 is 0 Å². The molecule has 1 fully saturated rings. The lowest BCUT2D eigenvalue weighted by Crippen LogP contribution is -2.50. The van der Waals surface area contributed by atoms with E-state index in [1.165, 1.54) is 0 Å². The average Bonchev–Trinajstić information content (AvgIpc) is 3.04. The number of carbonyl (C=O) groups is 2. The molecule has 2 rings (SSSR count). The predicted octanol–water partition coefficient (Wildman–Crippen LogP) is 0.354. The molecule has 0 radical (unpaired) electrons. The van der Waals surface area contributed by atoms with Gasteiger partial charge in [-0.25, -0.2) is 0 Å². The maximum Gasteiger partial charge on any atom is 0.313 e. The zero-order valence-electron chi connectivity index (χ0n) is 12.2. The molecule has 2 atom stereocenters. The predicted molar refractivity (Wildman–Crippen MR) is 74.1 cm³/mol. The Morgan fingerprint density at radius 2 is 2.38 bits per heavy atom. The molecular formula is C14H20N2O5. The molecule has 1 amide bonds. The van der Waals surface area contributed by atoms with Gasteiger partial charge in [0.25, 0.3) is 5.91 Å². The molecule has 1 aromatic heterocycles. The zero-order valence-corrected chi connectivity index (χ0v) is 12.2. The van der Waals surface area contributed by atoms with Crippen LogP contribution in [0.5, 0.6) is 0 Å². The SMILES string of the molecule is COCCn1cccc1C(=O)NC1COCC1(C)C(=O)O. The first-order valence-electron chi connectivity index (χ1n) is 6.75. The number of nitrogens with zero attached hydrogens (tertiary/aromatic N) is 1. The highest BCUT2D eigenvalue weighted by atomic mass is 16.5. The number of hydrogen-bond acceptors (Lipinski definition) is 4. The minimum absolute atomic E-state index is 0.0952. The van der Waals surface area contributed by atoms with Gasteiger partial charge in [-0.3, -0.25) is 9.59 Å². The van der Waals surface area contributed by atoms with E-state index in [4.69, 9.17) is 9.47 Å². The third kappa shape index (κ3) is 3.08. The van der Waals surface area contributed by atoms with Crippen LogP contribution < -0.4 is 5.32 Å². The zero-order chi connectivity index (χ0) is 15.5. The normalized spacial score (nSPS) is 25.0. The lowest BCUT2D eigenvalue weighted by atomic mass is 9.85. The molecule has 7 heteroatoms. The Morgan fingerprint density at radius 3 is 3.05 bits per heavy atom. The van der Waals surface area contributed by atoms with Gasteiger partial charge in [0, 0.05) is 19.9 Å². The molecule has 116 valence electrons. The molecule has 1 aliphatic heterocycles. The lowest BCUT2D eigenvalue weighted by molar-refractivity contribution is -0.148. The number of ether oxygens (including phenoxy) is 2. The molecule has 2 heterocycles. The highest BCUT2D eigenvalue weighted by Crippen LogP contribution is 2.28. The summed E-state index contributed by atoms with van der Waals surface area (Å²) in [6, 6.07) is 2.92. The summed E-state index contributed by atoms with van der Waals surface area (Å²) in [5, 5.41) is 12.1. The largest absolute Gasteiger partial charge is 0.481 e. The molecule has 7 nitrogen and oxygen atoms in total. The Bertz CT molecular complexity index is 527. The van der Waals surface area contributed by atoms with Crippen molar-refractivity contribution < 1.29 is 24.2 Å². The first-order valence-corrected chi connectivity index (χ1v) is 6.75. The van der Waals surface area contributed by atoms with Gasteiger partial charge in [0.2, 0.25) is 0 Å². The number of aromatic nitrogens is 1. The van der Waals surface area contributed by atoms with Gasteiger partial charge in [0.1, 0.15) is 11.1 Å². The van der Waals surface area contributed by atoms with Crippen LogP contribution in [0.1, 0.15) is 17.4 Å². The van der Waals surface area contributed by atoms with E-state index < -0.39 is 17.4 Å². The summed E-state index contributed by atoms with van der Waals surface area (Å²) in [7, 11) is 1.59. The van der Waals surface area contributed by atoms with Crippen molar-refractivity contribution in [1.82, 2.24) is 9.88 Å². The van der Waals surface area contributed by atoms with Crippen molar-refractivity contribution >= 4 is 11.9 Å². The molecule has 0 spiro atoms. The lowest BCUT2D eigenvalue weighted by Gasteiger charge is -2.25. The van der Waals surface area contributed by atoms with Crippen LogP contribution in [0.25, 0.3) is 0 Å². The van der Waals surface area contributed by atoms with Gasteiger partial charge in [-0.05, 0) is 19.1 Å². The topological polar surface area (TPSA) is 89.8 Å². The minimum atomic E-state index is -1.10. The summed E-state index contributed by atoms with van der Waals surface area (Å²) in [5.74, 6) is -1.28. The van der Waals surface area contributed by atoms with Crippen LogP contribution in [-0.4, -0.2) is 54.5 Å². The van der Waals surface area contributed by atoms with Crippen LogP contribution in [0.3, 0.4) is 0 Å². The fraction of sp³-hybridized carbons (Fsp3) is 0.571. The summed E-state index contributed by atoms with van der Waals surface area (Å²) in [5.41, 5.74) is -0.619. The van der Waals surface area contributed by atoms with E-state index in [0.717, 1.165) is 0 Å². The van der Waals surface area contributed by atoms with Crippen molar-refractivity contribution in [3.8, 4) is 0 Å². The summed E-state index contributed by atoms with van der Waals surface area (Å²) >= 11 is 0. The van der Waals surface area contributed by atoms with Gasteiger partial charge < -0.3 is 24.5 Å². The standard InChI is InChI=1S/C14H20N2O5/c1-14(13(18)19)9-21-8-11(14)15-12(17)10-4-3-5-16(10)6-7-20-2/h3-5,11H,6-9H2,1-2H3,(H,15,17)(H,18,19). The van der Waals surface area contributed by atoms with Gasteiger partial charge in [-0.15, -0.1) is 0 Å². The van der Waals surface area contributed by atoms with Gasteiger partial charge in [-0.2, -0.15) is 0 Å². The smallest absolute Gasteiger partial charge is 0.313 e. The molecule has 21 heavy (non-hydrogen) atoms. The molecule has 0 aromatic carbocycles. The molecule has 1 aliphatic rings. The van der Waals surface area contributed by atoms with Crippen LogP contribution in [0.2, 0.25) is 0 Å². The third-order valence-electron chi connectivity index (χ3n) is 3.85. The Balaban J connectivity index is 2.08. The number of aliphatic carboxylic acids is 1. The van der Waals surface area contributed by atoms with Gasteiger partial charge in [-0.1, -0.05) is 0 Å². The van der Waals surface area contributed by atoms with E-state index in [1.54, 1.807) is 36.9 Å². The first kappa shape index (κ1) is 15.5. The first-order chi connectivity index (χ1) is 9.99. The van der Waals surface area contributed by atoms with Crippen LogP contribution in [-0.2, 0) is 20.8 Å². The van der Waals surface area contributed by atoms with Gasteiger partial charge >= 0.3 is 5.97 Å². The molecule has 2 N–H and O–H groups in total. The number of rotatable bonds is 6. The van der Waals surface area contributed by atoms with E-state index in [2.05, 4.69) is 5.32 Å². The van der Waals surface area contributed by atoms with Crippen molar-refractivity contribution in [2.45, 2.75) is 19.5 Å². The second kappa shape index (κ2) is 6.28. The third-order valence-corrected chi connectivity index (χ3v) is 3.85. The van der Waals surface area contributed by atoms with E-state index in [1.807, 2.05) is 0 Å². The molecule has 1 saturated heterocycles. The highest BCUT2D eigenvalue weighted by molar-refractivity contribution is 5.93. The Hall–Kier alpha value is -1.86. The van der Waals surface area contributed by atoms with E-state index in [9.17, 15) is 14.7 Å². The fourth-order valence-electron chi connectivity index (χ4n) is 2.32. The Kier molecular flexibility index (Phi) is 4.64. The molecule has 0 bridgehead atoms. The highest BCUT2D eigenvalue weighted by Gasteiger charge is 2.47. The number of carbonyl (C=O) groups excluding carboxylic acids is 1. The van der Waals surface area contributed by atoms with E-state index in [-0.39, 0.29) is 19.1 Å². The van der Waals surface area contributed by atoms with Gasteiger partial charge in [0.15, 0.2) is 0 Å². The summed E-state index contributed by atoms with van der Waals surface area (Å²) in [6.45, 7) is 2.93. The van der Waals surface area contributed by atoms with Crippen molar-refractivity contribution in [1.29, 1.82) is 0 Å². The maximum atomic E-state index is 12.3. The van der Waals surface area contributed by atoms with Crippen LogP contribution in [0.4, 0.5) is 0 Å². The van der Waals surface area contributed by atoms with Crippen LogP contribution in [0, 0.1) is 5.41 Å². The average molecular weight is 296 g/mol. The summed E-state index contributed by atoms with van der Waals surface area (Å²) in [6.07, 6.45) is 1.79. The quantitative estimate of drug-likeness (QED) is 0.791. The Labute approximate surface area is 122 Å². The summed E-state index contributed by atoms with van der Waals surface area (Å²) < 4.78 is 12.0. The van der Waals surface area contributed by atoms with Crippen LogP contribution in [0.15, 0.2) is 18.3 Å². The number of carboxylic acids is 1. The van der Waals surface area contributed by atoms with Crippen molar-refractivity contribution in [2.24, 2.45) is 5.41 Å². The summed E-state index contributed by atoms with van der Waals surface area (Å²) in [4.78, 5) is 23.7. The molecule has 0 aliphatic carbocycles. The second-order valence-electron chi connectivity index (χ2n) is 5.34. The molecule has 0 saturated carbocycles. The number of methoxy groups -OCH3 is 1. The van der Waals surface area contributed by atoms with Gasteiger partial charge in [0.05, 0.1) is 25.9 Å². The number of amides is 1. The molecule has 1 aromatic rings. The molecular weight excluding hydrogens is 276 g/mol. The second-order valence-corrected chi connectivity index (χ2v) is 5.34. The van der Waals surface area contributed by atoms with Crippen molar-refractivity contribution in [2.75, 3.05) is 26.9 Å². The molecule has 2 unspecified atom stereocenters. The number of carboxylic acid groups (broad SMARTS) is 1. The minimum Gasteiger partial charge on any atom is -0.481 e. The Morgan fingerprint density at radius 1 is 1.62 bits per heavy atom.